The lowest BCUT2D eigenvalue weighted by Crippen LogP contribution is -2.49. The van der Waals surface area contributed by atoms with E-state index >= 15 is 0 Å². The molecule has 3 unspecified atom stereocenters. The Hall–Kier alpha value is 0.100. The van der Waals surface area contributed by atoms with Crippen LogP contribution >= 0.6 is 11.8 Å². The lowest BCUT2D eigenvalue weighted by Gasteiger charge is -2.34. The van der Waals surface area contributed by atoms with E-state index in [1.165, 1.54) is 11.8 Å². The van der Waals surface area contributed by atoms with Crippen molar-refractivity contribution >= 4 is 11.8 Å². The van der Waals surface area contributed by atoms with E-state index < -0.39 is 17.7 Å². The summed E-state index contributed by atoms with van der Waals surface area (Å²) < 4.78 is 38.5. The summed E-state index contributed by atoms with van der Waals surface area (Å²) in [5, 5.41) is 9.97. The highest BCUT2D eigenvalue weighted by atomic mass is 32.2. The van der Waals surface area contributed by atoms with Gasteiger partial charge >= 0.3 is 6.18 Å². The first-order valence-electron chi connectivity index (χ1n) is 5.59. The quantitative estimate of drug-likeness (QED) is 0.831. The van der Waals surface area contributed by atoms with E-state index in [1.54, 1.807) is 0 Å². The zero-order valence-corrected chi connectivity index (χ0v) is 10.3. The summed E-state index contributed by atoms with van der Waals surface area (Å²) in [6, 6.07) is 0. The molecule has 0 aromatic heterocycles. The smallest absolute Gasteiger partial charge is 0.380 e. The van der Waals surface area contributed by atoms with Crippen molar-refractivity contribution in [2.45, 2.75) is 49.1 Å². The highest BCUT2D eigenvalue weighted by Crippen LogP contribution is 2.62. The van der Waals surface area contributed by atoms with Gasteiger partial charge in [-0.15, -0.1) is 0 Å². The number of hydrogen-bond acceptors (Lipinski definition) is 2. The molecular formula is C11H17F3OS. The molecule has 2 fully saturated rings. The van der Waals surface area contributed by atoms with Crippen LogP contribution in [0.25, 0.3) is 0 Å². The van der Waals surface area contributed by atoms with Crippen LogP contribution in [0.1, 0.15) is 32.6 Å². The van der Waals surface area contributed by atoms with Crippen molar-refractivity contribution < 1.29 is 18.3 Å². The topological polar surface area (TPSA) is 20.2 Å². The van der Waals surface area contributed by atoms with E-state index in [2.05, 4.69) is 0 Å². The zero-order chi connectivity index (χ0) is 12.2. The maximum atomic E-state index is 13.0. The van der Waals surface area contributed by atoms with E-state index in [0.29, 0.717) is 12.8 Å². The van der Waals surface area contributed by atoms with Crippen LogP contribution in [0, 0.1) is 11.8 Å². The second kappa shape index (κ2) is 3.55. The molecule has 0 bridgehead atoms. The Bertz CT molecular complexity index is 285. The summed E-state index contributed by atoms with van der Waals surface area (Å²) in [4.78, 5) is 0. The first-order valence-corrected chi connectivity index (χ1v) is 6.82. The van der Waals surface area contributed by atoms with Crippen LogP contribution in [-0.2, 0) is 0 Å². The third-order valence-corrected chi connectivity index (χ3v) is 5.63. The van der Waals surface area contributed by atoms with Gasteiger partial charge in [-0.1, -0.05) is 6.92 Å². The molecule has 0 saturated heterocycles. The standard InChI is InChI=1S/C11H17F3OS/c1-7-5-9(7,16-2)6-10(15,8-3-4-8)11(12,13)14/h7-8,15H,3-6H2,1-2H3. The van der Waals surface area contributed by atoms with E-state index in [4.69, 9.17) is 0 Å². The largest absolute Gasteiger partial charge is 0.417 e. The van der Waals surface area contributed by atoms with Crippen LogP contribution in [0.2, 0.25) is 0 Å². The Kier molecular flexibility index (Phi) is 2.78. The fraction of sp³-hybridized carbons (Fsp3) is 1.00. The molecule has 2 aliphatic carbocycles. The van der Waals surface area contributed by atoms with E-state index in [9.17, 15) is 18.3 Å². The molecule has 3 atom stereocenters. The van der Waals surface area contributed by atoms with Gasteiger partial charge in [0.1, 0.15) is 0 Å². The molecule has 1 nitrogen and oxygen atoms in total. The van der Waals surface area contributed by atoms with Crippen LogP contribution in [0.5, 0.6) is 0 Å². The number of alkyl halides is 3. The average molecular weight is 254 g/mol. The number of hydrogen-bond donors (Lipinski definition) is 1. The van der Waals surface area contributed by atoms with Crippen molar-refractivity contribution in [1.29, 1.82) is 0 Å². The fourth-order valence-electron chi connectivity index (χ4n) is 2.56. The fourth-order valence-corrected chi connectivity index (χ4v) is 3.74. The van der Waals surface area contributed by atoms with Crippen molar-refractivity contribution in [3.05, 3.63) is 0 Å². The summed E-state index contributed by atoms with van der Waals surface area (Å²) in [6.45, 7) is 1.96. The van der Waals surface area contributed by atoms with Gasteiger partial charge in [-0.3, -0.25) is 0 Å². The molecule has 2 rings (SSSR count). The minimum absolute atomic E-state index is 0.128. The van der Waals surface area contributed by atoms with Gasteiger partial charge in [0, 0.05) is 11.2 Å². The average Bonchev–Trinajstić information content (AvgIpc) is 3.01. The monoisotopic (exact) mass is 254 g/mol. The molecule has 0 radical (unpaired) electrons. The predicted octanol–water partition coefficient (Wildman–Crippen LogP) is 3.22. The van der Waals surface area contributed by atoms with Crippen LogP contribution in [0.15, 0.2) is 0 Å². The SMILES string of the molecule is CSC1(CC(O)(C2CC2)C(F)(F)F)CC1C. The minimum atomic E-state index is -4.49. The van der Waals surface area contributed by atoms with Crippen LogP contribution in [0.4, 0.5) is 13.2 Å². The first-order chi connectivity index (χ1) is 7.25. The second-order valence-electron chi connectivity index (χ2n) is 5.25. The highest BCUT2D eigenvalue weighted by Gasteiger charge is 2.67. The molecule has 2 aliphatic rings. The Morgan fingerprint density at radius 1 is 1.38 bits per heavy atom. The van der Waals surface area contributed by atoms with Gasteiger partial charge in [0.15, 0.2) is 5.60 Å². The first kappa shape index (κ1) is 12.6. The maximum absolute atomic E-state index is 13.0. The van der Waals surface area contributed by atoms with Crippen molar-refractivity contribution in [3.63, 3.8) is 0 Å². The van der Waals surface area contributed by atoms with E-state index in [0.717, 1.165) is 6.42 Å². The predicted molar refractivity (Wildman–Crippen MR) is 58.4 cm³/mol. The lowest BCUT2D eigenvalue weighted by molar-refractivity contribution is -0.271. The Labute approximate surface area is 97.8 Å². The summed E-state index contributed by atoms with van der Waals surface area (Å²) >= 11 is 1.47. The van der Waals surface area contributed by atoms with Gasteiger partial charge in [-0.2, -0.15) is 24.9 Å². The molecule has 0 heterocycles. The molecule has 94 valence electrons. The molecular weight excluding hydrogens is 237 g/mol. The zero-order valence-electron chi connectivity index (χ0n) is 9.47. The van der Waals surface area contributed by atoms with E-state index in [-0.39, 0.29) is 17.1 Å². The van der Waals surface area contributed by atoms with Crippen molar-refractivity contribution in [1.82, 2.24) is 0 Å². The second-order valence-corrected chi connectivity index (χ2v) is 6.47. The molecule has 0 spiro atoms. The molecule has 0 aromatic rings. The molecule has 0 amide bonds. The third kappa shape index (κ3) is 1.86. The Morgan fingerprint density at radius 2 is 1.88 bits per heavy atom. The molecule has 5 heteroatoms. The van der Waals surface area contributed by atoms with Crippen LogP contribution in [-0.4, -0.2) is 27.9 Å². The van der Waals surface area contributed by atoms with Crippen molar-refractivity contribution in [3.8, 4) is 0 Å². The molecule has 0 aliphatic heterocycles. The molecule has 2 saturated carbocycles. The summed E-state index contributed by atoms with van der Waals surface area (Å²) in [7, 11) is 0. The van der Waals surface area contributed by atoms with Crippen LogP contribution < -0.4 is 0 Å². The van der Waals surface area contributed by atoms with Crippen molar-refractivity contribution in [2.24, 2.45) is 11.8 Å². The third-order valence-electron chi connectivity index (χ3n) is 4.11. The molecule has 1 N–H and O–H groups in total. The summed E-state index contributed by atoms with van der Waals surface area (Å²) in [6.07, 6.45) is -0.966. The number of thioether (sulfide) groups is 1. The summed E-state index contributed by atoms with van der Waals surface area (Å²) in [5.41, 5.74) is -2.44. The molecule has 0 aromatic carbocycles. The number of aliphatic hydroxyl groups is 1. The van der Waals surface area contributed by atoms with Gasteiger partial charge in [-0.05, 0) is 37.4 Å². The normalized spacial score (nSPS) is 38.2. The summed E-state index contributed by atoms with van der Waals surface area (Å²) in [5.74, 6) is -0.278. The number of halogens is 3. The highest BCUT2D eigenvalue weighted by molar-refractivity contribution is 8.00. The lowest BCUT2D eigenvalue weighted by atomic mass is 9.89. The minimum Gasteiger partial charge on any atom is -0.380 e. The van der Waals surface area contributed by atoms with Gasteiger partial charge in [0.25, 0.3) is 0 Å². The van der Waals surface area contributed by atoms with Gasteiger partial charge < -0.3 is 5.11 Å². The van der Waals surface area contributed by atoms with Gasteiger partial charge in [0.2, 0.25) is 0 Å². The Morgan fingerprint density at radius 3 is 2.12 bits per heavy atom. The van der Waals surface area contributed by atoms with Gasteiger partial charge in [-0.25, -0.2) is 0 Å². The van der Waals surface area contributed by atoms with Crippen LogP contribution in [0.3, 0.4) is 0 Å². The Balaban J connectivity index is 2.15. The van der Waals surface area contributed by atoms with Crippen molar-refractivity contribution in [2.75, 3.05) is 6.26 Å². The van der Waals surface area contributed by atoms with Gasteiger partial charge in [0.05, 0.1) is 0 Å². The number of rotatable bonds is 4. The maximum Gasteiger partial charge on any atom is 0.417 e. The van der Waals surface area contributed by atoms with E-state index in [1.807, 2.05) is 13.2 Å². The molecule has 16 heavy (non-hydrogen) atoms.